The minimum atomic E-state index is -0.366. The second-order valence-electron chi connectivity index (χ2n) is 9.64. The molecule has 7 nitrogen and oxygen atoms in total. The third-order valence-corrected chi connectivity index (χ3v) is 7.36. The number of benzene rings is 2. The summed E-state index contributed by atoms with van der Waals surface area (Å²) in [5.41, 5.74) is 4.42. The number of carbonyl (C=O) groups excluding carboxylic acids is 3. The lowest BCUT2D eigenvalue weighted by Crippen LogP contribution is -2.22. The lowest BCUT2D eigenvalue weighted by molar-refractivity contribution is -0.142. The van der Waals surface area contributed by atoms with Crippen LogP contribution in [0.25, 0.3) is 33.0 Å². The number of amides is 2. The number of esters is 1. The first kappa shape index (κ1) is 22.3. The Morgan fingerprint density at radius 3 is 2.03 bits per heavy atom. The first-order chi connectivity index (χ1) is 17.5. The molecule has 4 bridgehead atoms. The summed E-state index contributed by atoms with van der Waals surface area (Å²) in [5, 5.41) is 4.44. The normalized spacial score (nSPS) is 18.3. The SMILES string of the molecule is CC(=O)OCC1CCCn2cc(c3ccccc32)C2=C(C(=O)NC2=O)c2cn(c3ccccc23)CC1.[HH]. The maximum Gasteiger partial charge on any atom is 0.302 e. The van der Waals surface area contributed by atoms with Crippen molar-refractivity contribution >= 4 is 50.7 Å². The summed E-state index contributed by atoms with van der Waals surface area (Å²) in [4.78, 5) is 37.9. The quantitative estimate of drug-likeness (QED) is 0.329. The summed E-state index contributed by atoms with van der Waals surface area (Å²) in [6, 6.07) is 16.0. The number of aryl methyl sites for hydroxylation is 2. The maximum atomic E-state index is 13.2. The second-order valence-corrected chi connectivity index (χ2v) is 9.64. The summed E-state index contributed by atoms with van der Waals surface area (Å²) < 4.78 is 9.73. The molecule has 2 amide bonds. The third-order valence-electron chi connectivity index (χ3n) is 7.36. The van der Waals surface area contributed by atoms with Gasteiger partial charge in [0.15, 0.2) is 0 Å². The summed E-state index contributed by atoms with van der Waals surface area (Å²) in [7, 11) is 0. The minimum absolute atomic E-state index is 0. The van der Waals surface area contributed by atoms with E-state index in [2.05, 4.69) is 14.5 Å². The molecule has 1 unspecified atom stereocenters. The number of hydrogen-bond donors (Lipinski definition) is 1. The molecular weight excluding hydrogens is 454 g/mol. The largest absolute Gasteiger partial charge is 0.466 e. The average Bonchev–Trinajstić information content (AvgIpc) is 3.50. The van der Waals surface area contributed by atoms with Crippen LogP contribution in [-0.4, -0.2) is 33.5 Å². The number of aromatic nitrogens is 2. The number of imide groups is 1. The molecule has 0 radical (unpaired) electrons. The third kappa shape index (κ3) is 3.71. The molecule has 0 fully saturated rings. The van der Waals surface area contributed by atoms with Gasteiger partial charge in [-0.3, -0.25) is 19.7 Å². The zero-order valence-electron chi connectivity index (χ0n) is 20.1. The van der Waals surface area contributed by atoms with Crippen molar-refractivity contribution in [2.75, 3.05) is 6.61 Å². The van der Waals surface area contributed by atoms with Crippen molar-refractivity contribution in [1.82, 2.24) is 14.5 Å². The number of fused-ring (bicyclic) bond motifs is 12. The van der Waals surface area contributed by atoms with Crippen LogP contribution in [0.4, 0.5) is 0 Å². The fourth-order valence-corrected chi connectivity index (χ4v) is 5.65. The van der Waals surface area contributed by atoms with Crippen molar-refractivity contribution in [3.63, 3.8) is 0 Å². The Bertz CT molecular complexity index is 1580. The number of carbonyl (C=O) groups is 3. The van der Waals surface area contributed by atoms with Crippen molar-refractivity contribution < 1.29 is 20.5 Å². The van der Waals surface area contributed by atoms with Crippen LogP contribution < -0.4 is 5.32 Å². The lowest BCUT2D eigenvalue weighted by Gasteiger charge is -2.18. The van der Waals surface area contributed by atoms with Gasteiger partial charge >= 0.3 is 5.97 Å². The summed E-state index contributed by atoms with van der Waals surface area (Å²) >= 11 is 0. The minimum Gasteiger partial charge on any atom is -0.466 e. The molecule has 184 valence electrons. The van der Waals surface area contributed by atoms with Crippen LogP contribution in [0.5, 0.6) is 0 Å². The molecule has 6 rings (SSSR count). The van der Waals surface area contributed by atoms with E-state index in [1.54, 1.807) is 0 Å². The number of nitrogens with zero attached hydrogens (tertiary/aromatic N) is 2. The molecule has 0 saturated carbocycles. The molecule has 4 aromatic rings. The van der Waals surface area contributed by atoms with Gasteiger partial charge in [-0.05, 0) is 37.3 Å². The number of nitrogens with one attached hydrogen (secondary N) is 1. The average molecular weight is 484 g/mol. The molecule has 2 aromatic carbocycles. The fraction of sp³-hybridized carbons (Fsp3) is 0.276. The van der Waals surface area contributed by atoms with Gasteiger partial charge < -0.3 is 13.9 Å². The molecule has 4 heterocycles. The number of ether oxygens (including phenoxy) is 1. The summed E-state index contributed by atoms with van der Waals surface area (Å²) in [6.45, 7) is 3.33. The predicted molar refractivity (Wildman–Crippen MR) is 140 cm³/mol. The molecule has 2 aliphatic heterocycles. The van der Waals surface area contributed by atoms with E-state index in [4.69, 9.17) is 4.74 Å². The second kappa shape index (κ2) is 8.82. The van der Waals surface area contributed by atoms with Crippen molar-refractivity contribution in [1.29, 1.82) is 0 Å². The Kier molecular flexibility index (Phi) is 5.48. The van der Waals surface area contributed by atoms with Gasteiger partial charge in [-0.2, -0.15) is 0 Å². The van der Waals surface area contributed by atoms with Crippen LogP contribution in [0.1, 0.15) is 38.7 Å². The highest BCUT2D eigenvalue weighted by Crippen LogP contribution is 2.39. The Hall–Kier alpha value is -4.13. The highest BCUT2D eigenvalue weighted by Gasteiger charge is 2.35. The van der Waals surface area contributed by atoms with Crippen LogP contribution >= 0.6 is 0 Å². The standard InChI is InChI=1S/C29H27N3O4.H2/c1-18(33)36-17-19-7-6-13-31-15-22(20-8-2-4-10-24(20)31)26-27(29(35)30-28(26)34)23-16-32(14-12-19)25-11-5-3-9-21(23)25;/h2-5,8-11,15-16,19H,6-7,12-14,17H2,1H3,(H,30,34,35);1H. The van der Waals surface area contributed by atoms with Crippen molar-refractivity contribution in [2.45, 2.75) is 39.3 Å². The van der Waals surface area contributed by atoms with Crippen LogP contribution in [0, 0.1) is 5.92 Å². The van der Waals surface area contributed by atoms with Crippen LogP contribution in [0.3, 0.4) is 0 Å². The molecule has 7 heteroatoms. The Labute approximate surface area is 209 Å². The smallest absolute Gasteiger partial charge is 0.302 e. The summed E-state index contributed by atoms with van der Waals surface area (Å²) in [6.07, 6.45) is 6.64. The number of rotatable bonds is 2. The molecule has 0 spiro atoms. The molecular formula is C29H29N3O4. The molecule has 1 N–H and O–H groups in total. The van der Waals surface area contributed by atoms with Crippen molar-refractivity contribution in [3.05, 3.63) is 72.1 Å². The van der Waals surface area contributed by atoms with E-state index >= 15 is 0 Å². The van der Waals surface area contributed by atoms with Crippen LogP contribution in [-0.2, 0) is 32.2 Å². The zero-order chi connectivity index (χ0) is 24.8. The van der Waals surface area contributed by atoms with Gasteiger partial charge in [0.05, 0.1) is 17.8 Å². The summed E-state index contributed by atoms with van der Waals surface area (Å²) in [5.74, 6) is -0.771. The van der Waals surface area contributed by atoms with Gasteiger partial charge in [0, 0.05) is 66.8 Å². The van der Waals surface area contributed by atoms with Gasteiger partial charge in [0.2, 0.25) is 0 Å². The van der Waals surface area contributed by atoms with E-state index in [1.807, 2.05) is 60.9 Å². The first-order valence-electron chi connectivity index (χ1n) is 12.4. The van der Waals surface area contributed by atoms with E-state index in [-0.39, 0.29) is 25.1 Å². The number of hydrogen-bond acceptors (Lipinski definition) is 4. The van der Waals surface area contributed by atoms with Gasteiger partial charge in [-0.15, -0.1) is 0 Å². The molecule has 2 aliphatic rings. The number of para-hydroxylation sites is 2. The molecule has 2 aromatic heterocycles. The highest BCUT2D eigenvalue weighted by atomic mass is 16.5. The Morgan fingerprint density at radius 1 is 0.889 bits per heavy atom. The fourth-order valence-electron chi connectivity index (χ4n) is 5.65. The van der Waals surface area contributed by atoms with Crippen LogP contribution in [0.15, 0.2) is 60.9 Å². The van der Waals surface area contributed by atoms with E-state index in [9.17, 15) is 14.4 Å². The Morgan fingerprint density at radius 2 is 1.44 bits per heavy atom. The van der Waals surface area contributed by atoms with Crippen LogP contribution in [0.2, 0.25) is 0 Å². The first-order valence-corrected chi connectivity index (χ1v) is 12.4. The van der Waals surface area contributed by atoms with Gasteiger partial charge in [-0.25, -0.2) is 0 Å². The van der Waals surface area contributed by atoms with Gasteiger partial charge in [-0.1, -0.05) is 36.4 Å². The monoisotopic (exact) mass is 483 g/mol. The molecule has 0 aliphatic carbocycles. The van der Waals surface area contributed by atoms with Gasteiger partial charge in [0.25, 0.3) is 11.8 Å². The molecule has 0 saturated heterocycles. The van der Waals surface area contributed by atoms with E-state index in [1.165, 1.54) is 6.92 Å². The topological polar surface area (TPSA) is 82.3 Å². The van der Waals surface area contributed by atoms with Crippen molar-refractivity contribution in [2.24, 2.45) is 5.92 Å². The Balaban J connectivity index is 0.00000280. The molecule has 1 atom stereocenters. The highest BCUT2D eigenvalue weighted by molar-refractivity contribution is 6.50. The zero-order valence-corrected chi connectivity index (χ0v) is 20.1. The van der Waals surface area contributed by atoms with E-state index < -0.39 is 0 Å². The predicted octanol–water partition coefficient (Wildman–Crippen LogP) is 4.77. The maximum absolute atomic E-state index is 13.2. The van der Waals surface area contributed by atoms with E-state index in [0.29, 0.717) is 17.8 Å². The lowest BCUT2D eigenvalue weighted by atomic mass is 9.95. The van der Waals surface area contributed by atoms with Crippen molar-refractivity contribution in [3.8, 4) is 0 Å². The molecule has 36 heavy (non-hydrogen) atoms. The van der Waals surface area contributed by atoms with Gasteiger partial charge in [0.1, 0.15) is 0 Å². The van der Waals surface area contributed by atoms with E-state index in [0.717, 1.165) is 65.3 Å².